The molecule has 0 bridgehead atoms. The molecule has 0 N–H and O–H groups in total. The Labute approximate surface area is 203 Å². The fourth-order valence-electron chi connectivity index (χ4n) is 4.90. The maximum absolute atomic E-state index is 2.57. The van der Waals surface area contributed by atoms with Crippen LogP contribution in [0, 0.1) is 17.3 Å². The molecular weight excluding hydrogens is 392 g/mol. The topological polar surface area (TPSA) is 13.0 Å². The van der Waals surface area contributed by atoms with Crippen LogP contribution in [0.3, 0.4) is 0 Å². The molecule has 3 saturated heterocycles. The highest BCUT2D eigenvalue weighted by Crippen LogP contribution is 2.33. The number of hydrogen-bond donors (Lipinski definition) is 0. The Kier molecular flexibility index (Phi) is 11.7. The molecule has 3 aliphatic rings. The Hall–Kier alpha value is -0.160. The average Bonchev–Trinajstić information content (AvgIpc) is 3.09. The first-order valence-corrected chi connectivity index (χ1v) is 13.4. The summed E-state index contributed by atoms with van der Waals surface area (Å²) in [5.74, 6) is 1.86. The zero-order valence-corrected chi connectivity index (χ0v) is 24.2. The molecule has 0 aromatic rings. The molecule has 0 spiro atoms. The van der Waals surface area contributed by atoms with Crippen LogP contribution in [0.2, 0.25) is 0 Å². The van der Waals surface area contributed by atoms with Gasteiger partial charge >= 0.3 is 0 Å². The van der Waals surface area contributed by atoms with Gasteiger partial charge in [0, 0.05) is 43.8 Å². The highest BCUT2D eigenvalue weighted by atomic mass is 15.3. The number of nitrogens with zero attached hydrogens (tertiary/aromatic N) is 4. The smallest absolute Gasteiger partial charge is 0.0126 e. The predicted molar refractivity (Wildman–Crippen MR) is 144 cm³/mol. The number of rotatable bonds is 0. The second-order valence-corrected chi connectivity index (χ2v) is 13.9. The van der Waals surface area contributed by atoms with Gasteiger partial charge in [0.15, 0.2) is 0 Å². The van der Waals surface area contributed by atoms with Crippen molar-refractivity contribution in [3.05, 3.63) is 0 Å². The van der Waals surface area contributed by atoms with Crippen molar-refractivity contribution in [1.82, 2.24) is 19.6 Å². The van der Waals surface area contributed by atoms with E-state index in [4.69, 9.17) is 0 Å². The van der Waals surface area contributed by atoms with Crippen LogP contribution in [-0.2, 0) is 0 Å². The van der Waals surface area contributed by atoms with Crippen molar-refractivity contribution in [2.75, 3.05) is 66.5 Å². The Balaban J connectivity index is 0.000000240. The van der Waals surface area contributed by atoms with E-state index >= 15 is 0 Å². The third kappa shape index (κ3) is 11.3. The van der Waals surface area contributed by atoms with Crippen molar-refractivity contribution in [2.24, 2.45) is 17.3 Å². The molecule has 0 saturated carbocycles. The molecule has 3 heterocycles. The van der Waals surface area contributed by atoms with Crippen LogP contribution in [0.15, 0.2) is 0 Å². The van der Waals surface area contributed by atoms with Crippen LogP contribution in [0.25, 0.3) is 0 Å². The summed E-state index contributed by atoms with van der Waals surface area (Å²) in [7, 11) is 4.42. The zero-order chi connectivity index (χ0) is 24.7. The quantitative estimate of drug-likeness (QED) is 0.479. The van der Waals surface area contributed by atoms with Gasteiger partial charge in [-0.05, 0) is 112 Å². The maximum atomic E-state index is 2.57. The number of piperazine rings is 1. The lowest BCUT2D eigenvalue weighted by atomic mass is 9.75. The summed E-state index contributed by atoms with van der Waals surface area (Å²) < 4.78 is 0. The molecular formula is C28H60N4. The van der Waals surface area contributed by atoms with E-state index in [0.717, 1.165) is 11.8 Å². The number of piperidine rings is 1. The van der Waals surface area contributed by atoms with E-state index in [9.17, 15) is 0 Å². The molecule has 0 radical (unpaired) electrons. The van der Waals surface area contributed by atoms with E-state index in [2.05, 4.69) is 103 Å². The van der Waals surface area contributed by atoms with Gasteiger partial charge < -0.3 is 9.80 Å². The van der Waals surface area contributed by atoms with Gasteiger partial charge in [-0.25, -0.2) is 0 Å². The summed E-state index contributed by atoms with van der Waals surface area (Å²) in [6, 6.07) is 0. The van der Waals surface area contributed by atoms with Gasteiger partial charge in [-0.1, -0.05) is 27.7 Å². The maximum Gasteiger partial charge on any atom is 0.0126 e. The molecule has 1 unspecified atom stereocenters. The molecule has 0 amide bonds. The molecule has 4 nitrogen and oxygen atoms in total. The molecule has 0 aromatic carbocycles. The standard InChI is InChI=1S/C10H21N.C9H20N2.C9H19N/c1-10(2,3)9-5-7-11(4)8-6-9;1-9(2,3)11-7-5-10(4)6-8-11;1-8-5-6-10(7-8)9(2,3)4/h9H,5-8H2,1-4H3;5-8H2,1-4H3;8H,5-7H2,1-4H3. The first-order valence-electron chi connectivity index (χ1n) is 13.4. The van der Waals surface area contributed by atoms with Crippen LogP contribution in [0.5, 0.6) is 0 Å². The first-order chi connectivity index (χ1) is 14.5. The lowest BCUT2D eigenvalue weighted by molar-refractivity contribution is 0.0735. The lowest BCUT2D eigenvalue weighted by Gasteiger charge is -2.41. The van der Waals surface area contributed by atoms with Crippen molar-refractivity contribution in [1.29, 1.82) is 0 Å². The minimum atomic E-state index is 0.362. The molecule has 1 atom stereocenters. The number of likely N-dealkylation sites (N-methyl/N-ethyl adjacent to an activating group) is 1. The normalized spacial score (nSPS) is 25.7. The van der Waals surface area contributed by atoms with E-state index in [1.165, 1.54) is 71.6 Å². The molecule has 3 rings (SSSR count). The van der Waals surface area contributed by atoms with E-state index in [0.29, 0.717) is 16.5 Å². The third-order valence-corrected chi connectivity index (χ3v) is 7.77. The fraction of sp³-hybridized carbons (Fsp3) is 1.00. The monoisotopic (exact) mass is 452 g/mol. The van der Waals surface area contributed by atoms with Gasteiger partial charge in [-0.3, -0.25) is 9.80 Å². The molecule has 3 aliphatic heterocycles. The number of hydrogen-bond acceptors (Lipinski definition) is 4. The van der Waals surface area contributed by atoms with Gasteiger partial charge in [0.25, 0.3) is 0 Å². The lowest BCUT2D eigenvalue weighted by Crippen LogP contribution is -2.52. The van der Waals surface area contributed by atoms with Crippen LogP contribution in [0.1, 0.15) is 88.5 Å². The van der Waals surface area contributed by atoms with Crippen molar-refractivity contribution >= 4 is 0 Å². The second kappa shape index (κ2) is 12.5. The van der Waals surface area contributed by atoms with Crippen LogP contribution in [0.4, 0.5) is 0 Å². The minimum Gasteiger partial charge on any atom is -0.306 e. The summed E-state index contributed by atoms with van der Waals surface area (Å²) in [5.41, 5.74) is 1.28. The first kappa shape index (κ1) is 29.9. The van der Waals surface area contributed by atoms with Crippen LogP contribution >= 0.6 is 0 Å². The average molecular weight is 453 g/mol. The van der Waals surface area contributed by atoms with Gasteiger partial charge in [0.05, 0.1) is 0 Å². The van der Waals surface area contributed by atoms with E-state index in [1.807, 2.05) is 0 Å². The Morgan fingerprint density at radius 1 is 0.531 bits per heavy atom. The van der Waals surface area contributed by atoms with Gasteiger partial charge in [0.1, 0.15) is 0 Å². The largest absolute Gasteiger partial charge is 0.306 e. The Morgan fingerprint density at radius 3 is 1.28 bits per heavy atom. The second-order valence-electron chi connectivity index (χ2n) is 13.9. The van der Waals surface area contributed by atoms with Crippen molar-refractivity contribution in [3.8, 4) is 0 Å². The summed E-state index contributed by atoms with van der Waals surface area (Å²) in [6.45, 7) is 33.3. The van der Waals surface area contributed by atoms with Crippen molar-refractivity contribution < 1.29 is 0 Å². The van der Waals surface area contributed by atoms with Crippen molar-refractivity contribution in [2.45, 2.75) is 99.6 Å². The summed E-state index contributed by atoms with van der Waals surface area (Å²) in [6.07, 6.45) is 4.16. The summed E-state index contributed by atoms with van der Waals surface area (Å²) in [4.78, 5) is 9.94. The Bertz CT molecular complexity index is 463. The van der Waals surface area contributed by atoms with Crippen molar-refractivity contribution in [3.63, 3.8) is 0 Å². The molecule has 192 valence electrons. The van der Waals surface area contributed by atoms with Crippen LogP contribution < -0.4 is 0 Å². The zero-order valence-electron chi connectivity index (χ0n) is 24.2. The molecule has 0 aromatic heterocycles. The van der Waals surface area contributed by atoms with E-state index < -0.39 is 0 Å². The summed E-state index contributed by atoms with van der Waals surface area (Å²) in [5, 5.41) is 0. The van der Waals surface area contributed by atoms with Gasteiger partial charge in [0.2, 0.25) is 0 Å². The fourth-order valence-corrected chi connectivity index (χ4v) is 4.90. The van der Waals surface area contributed by atoms with Gasteiger partial charge in [-0.15, -0.1) is 0 Å². The third-order valence-electron chi connectivity index (χ3n) is 7.77. The number of likely N-dealkylation sites (tertiary alicyclic amines) is 2. The highest BCUT2D eigenvalue weighted by molar-refractivity contribution is 4.83. The summed E-state index contributed by atoms with van der Waals surface area (Å²) >= 11 is 0. The van der Waals surface area contributed by atoms with E-state index in [1.54, 1.807) is 0 Å². The molecule has 0 aliphatic carbocycles. The molecule has 32 heavy (non-hydrogen) atoms. The minimum absolute atomic E-state index is 0.362. The SMILES string of the molecule is CC1CCN(C(C)(C)C)C1.CN1CCC(C(C)(C)C)CC1.CN1CCN(C(C)(C)C)CC1. The molecule has 4 heteroatoms. The molecule has 3 fully saturated rings. The van der Waals surface area contributed by atoms with Gasteiger partial charge in [-0.2, -0.15) is 0 Å². The van der Waals surface area contributed by atoms with E-state index in [-0.39, 0.29) is 0 Å². The Morgan fingerprint density at radius 2 is 0.969 bits per heavy atom. The predicted octanol–water partition coefficient (Wildman–Crippen LogP) is 5.53. The van der Waals surface area contributed by atoms with Crippen LogP contribution in [-0.4, -0.2) is 97.1 Å². The highest BCUT2D eigenvalue weighted by Gasteiger charge is 2.28.